The van der Waals surface area contributed by atoms with Crippen molar-refractivity contribution in [3.63, 3.8) is 0 Å². The van der Waals surface area contributed by atoms with Gasteiger partial charge in [-0.05, 0) is 46.6 Å². The second kappa shape index (κ2) is 8.50. The summed E-state index contributed by atoms with van der Waals surface area (Å²) in [7, 11) is 0. The van der Waals surface area contributed by atoms with E-state index in [0.29, 0.717) is 13.0 Å². The van der Waals surface area contributed by atoms with E-state index in [9.17, 15) is 14.7 Å². The first-order valence-electron chi connectivity index (χ1n) is 11.0. The molecule has 0 saturated carbocycles. The Bertz CT molecular complexity index is 1100. The van der Waals surface area contributed by atoms with Crippen molar-refractivity contribution in [3.05, 3.63) is 95.6 Å². The van der Waals surface area contributed by atoms with Crippen LogP contribution in [0.1, 0.15) is 29.0 Å². The van der Waals surface area contributed by atoms with Gasteiger partial charge in [0, 0.05) is 12.5 Å². The van der Waals surface area contributed by atoms with Gasteiger partial charge in [0.25, 0.3) is 0 Å². The fourth-order valence-electron chi connectivity index (χ4n) is 5.13. The highest BCUT2D eigenvalue weighted by Crippen LogP contribution is 2.44. The number of hydrogen-bond donors (Lipinski definition) is 1. The molecule has 0 radical (unpaired) electrons. The lowest BCUT2D eigenvalue weighted by molar-refractivity contribution is -0.141. The molecule has 32 heavy (non-hydrogen) atoms. The minimum Gasteiger partial charge on any atom is -0.480 e. The lowest BCUT2D eigenvalue weighted by Crippen LogP contribution is -2.41. The molecule has 5 heteroatoms. The van der Waals surface area contributed by atoms with Crippen molar-refractivity contribution in [2.24, 2.45) is 5.92 Å². The van der Waals surface area contributed by atoms with Crippen LogP contribution in [0.25, 0.3) is 11.1 Å². The summed E-state index contributed by atoms with van der Waals surface area (Å²) in [6.07, 6.45) is 0.640. The molecule has 5 nitrogen and oxygen atoms in total. The van der Waals surface area contributed by atoms with E-state index in [-0.39, 0.29) is 18.4 Å². The average Bonchev–Trinajstić information content (AvgIpc) is 3.38. The zero-order chi connectivity index (χ0) is 22.1. The maximum absolute atomic E-state index is 13.0. The third-order valence-electron chi connectivity index (χ3n) is 6.61. The number of likely N-dealkylation sites (tertiary alicyclic amines) is 1. The third kappa shape index (κ3) is 3.75. The molecule has 1 fully saturated rings. The predicted octanol–water partition coefficient (Wildman–Crippen LogP) is 4.95. The quantitative estimate of drug-likeness (QED) is 0.625. The van der Waals surface area contributed by atoms with Crippen LogP contribution in [-0.2, 0) is 16.0 Å². The van der Waals surface area contributed by atoms with Crippen LogP contribution in [0.2, 0.25) is 0 Å². The minimum absolute atomic E-state index is 0.0441. The standard InChI is InChI=1S/C27H25NO4/c29-26(30)25-15-19(14-18-8-2-1-3-9-18)16-28(25)27(31)32-17-24-22-12-6-4-10-20(22)21-11-5-7-13-23(21)24/h1-13,19,24-25H,14-17H2,(H,29,30)/t19-,25+/m1/s1. The normalized spacial score (nSPS) is 19.4. The van der Waals surface area contributed by atoms with Crippen LogP contribution in [0.4, 0.5) is 4.79 Å². The number of rotatable bonds is 5. The molecule has 0 bridgehead atoms. The SMILES string of the molecule is O=C(O)[C@@H]1C[C@@H](Cc2ccccc2)CN1C(=O)OCC1c2ccccc2-c2ccccc21. The Balaban J connectivity index is 1.30. The van der Waals surface area contributed by atoms with Gasteiger partial charge < -0.3 is 9.84 Å². The molecule has 3 aromatic carbocycles. The largest absolute Gasteiger partial charge is 0.480 e. The summed E-state index contributed by atoms with van der Waals surface area (Å²) in [5, 5.41) is 9.71. The van der Waals surface area contributed by atoms with E-state index >= 15 is 0 Å². The van der Waals surface area contributed by atoms with Gasteiger partial charge in [-0.15, -0.1) is 0 Å². The summed E-state index contributed by atoms with van der Waals surface area (Å²) >= 11 is 0. The van der Waals surface area contributed by atoms with E-state index in [1.165, 1.54) is 4.90 Å². The lowest BCUT2D eigenvalue weighted by Gasteiger charge is -2.22. The molecule has 1 heterocycles. The van der Waals surface area contributed by atoms with Crippen molar-refractivity contribution >= 4 is 12.1 Å². The number of carbonyl (C=O) groups excluding carboxylic acids is 1. The van der Waals surface area contributed by atoms with Crippen LogP contribution < -0.4 is 0 Å². The smallest absolute Gasteiger partial charge is 0.410 e. The van der Waals surface area contributed by atoms with Gasteiger partial charge in [0.2, 0.25) is 0 Å². The number of ether oxygens (including phenoxy) is 1. The molecule has 1 aliphatic heterocycles. The summed E-state index contributed by atoms with van der Waals surface area (Å²) in [5.74, 6) is -0.926. The van der Waals surface area contributed by atoms with Crippen molar-refractivity contribution in [2.75, 3.05) is 13.2 Å². The molecular weight excluding hydrogens is 402 g/mol. The fourth-order valence-corrected chi connectivity index (χ4v) is 5.13. The van der Waals surface area contributed by atoms with E-state index in [0.717, 1.165) is 34.2 Å². The molecule has 0 spiro atoms. The summed E-state index contributed by atoms with van der Waals surface area (Å²) in [6.45, 7) is 0.585. The highest BCUT2D eigenvalue weighted by Gasteiger charge is 2.41. The first kappa shape index (κ1) is 20.3. The van der Waals surface area contributed by atoms with E-state index in [2.05, 4.69) is 24.3 Å². The first-order chi connectivity index (χ1) is 15.6. The Labute approximate surface area is 187 Å². The molecule has 1 saturated heterocycles. The van der Waals surface area contributed by atoms with Crippen LogP contribution in [0.3, 0.4) is 0 Å². The molecule has 1 aliphatic carbocycles. The fraction of sp³-hybridized carbons (Fsp3) is 0.259. The Morgan fingerprint density at radius 1 is 0.875 bits per heavy atom. The zero-order valence-electron chi connectivity index (χ0n) is 17.7. The van der Waals surface area contributed by atoms with E-state index < -0.39 is 18.1 Å². The molecule has 3 aromatic rings. The van der Waals surface area contributed by atoms with Gasteiger partial charge in [-0.25, -0.2) is 9.59 Å². The van der Waals surface area contributed by atoms with Crippen LogP contribution in [-0.4, -0.2) is 41.3 Å². The number of carboxylic acids is 1. The van der Waals surface area contributed by atoms with E-state index in [1.807, 2.05) is 54.6 Å². The number of benzene rings is 3. The van der Waals surface area contributed by atoms with Crippen molar-refractivity contribution in [1.82, 2.24) is 4.90 Å². The average molecular weight is 428 g/mol. The lowest BCUT2D eigenvalue weighted by atomic mass is 9.97. The molecular formula is C27H25NO4. The molecule has 1 amide bonds. The summed E-state index contributed by atoms with van der Waals surface area (Å²) in [5.41, 5.74) is 5.75. The number of aliphatic carboxylic acids is 1. The Morgan fingerprint density at radius 2 is 1.47 bits per heavy atom. The summed E-state index contributed by atoms with van der Waals surface area (Å²) < 4.78 is 5.73. The van der Waals surface area contributed by atoms with Gasteiger partial charge >= 0.3 is 12.1 Å². The van der Waals surface area contributed by atoms with Gasteiger partial charge in [-0.1, -0.05) is 78.9 Å². The highest BCUT2D eigenvalue weighted by atomic mass is 16.6. The van der Waals surface area contributed by atoms with Gasteiger partial charge in [0.15, 0.2) is 0 Å². The van der Waals surface area contributed by atoms with Crippen molar-refractivity contribution in [1.29, 1.82) is 0 Å². The zero-order valence-corrected chi connectivity index (χ0v) is 17.7. The maximum atomic E-state index is 13.0. The molecule has 2 aliphatic rings. The van der Waals surface area contributed by atoms with Gasteiger partial charge in [0.05, 0.1) is 0 Å². The molecule has 2 atom stereocenters. The number of amides is 1. The monoisotopic (exact) mass is 427 g/mol. The predicted molar refractivity (Wildman–Crippen MR) is 121 cm³/mol. The third-order valence-corrected chi connectivity index (χ3v) is 6.61. The van der Waals surface area contributed by atoms with Crippen LogP contribution in [0, 0.1) is 5.92 Å². The highest BCUT2D eigenvalue weighted by molar-refractivity contribution is 5.81. The Kier molecular flexibility index (Phi) is 5.39. The van der Waals surface area contributed by atoms with Crippen LogP contribution in [0.5, 0.6) is 0 Å². The van der Waals surface area contributed by atoms with Gasteiger partial charge in [0.1, 0.15) is 12.6 Å². The van der Waals surface area contributed by atoms with Gasteiger partial charge in [-0.2, -0.15) is 0 Å². The second-order valence-corrected chi connectivity index (χ2v) is 8.60. The molecule has 0 aromatic heterocycles. The molecule has 5 rings (SSSR count). The topological polar surface area (TPSA) is 66.8 Å². The first-order valence-corrected chi connectivity index (χ1v) is 11.0. The van der Waals surface area contributed by atoms with E-state index in [1.54, 1.807) is 0 Å². The summed E-state index contributed by atoms with van der Waals surface area (Å²) in [4.78, 5) is 26.2. The van der Waals surface area contributed by atoms with Crippen LogP contribution >= 0.6 is 0 Å². The van der Waals surface area contributed by atoms with E-state index in [4.69, 9.17) is 4.74 Å². The molecule has 0 unspecified atom stereocenters. The maximum Gasteiger partial charge on any atom is 0.410 e. The van der Waals surface area contributed by atoms with Crippen molar-refractivity contribution < 1.29 is 19.4 Å². The second-order valence-electron chi connectivity index (χ2n) is 8.60. The minimum atomic E-state index is -0.978. The number of carbonyl (C=O) groups is 2. The van der Waals surface area contributed by atoms with Gasteiger partial charge in [-0.3, -0.25) is 4.90 Å². The van der Waals surface area contributed by atoms with Crippen LogP contribution in [0.15, 0.2) is 78.9 Å². The van der Waals surface area contributed by atoms with Crippen molar-refractivity contribution in [3.8, 4) is 11.1 Å². The Hall–Kier alpha value is -3.60. The summed E-state index contributed by atoms with van der Waals surface area (Å²) in [6, 6.07) is 25.5. The Morgan fingerprint density at radius 3 is 2.09 bits per heavy atom. The van der Waals surface area contributed by atoms with Crippen molar-refractivity contribution in [2.45, 2.75) is 24.8 Å². The molecule has 1 N–H and O–H groups in total. The molecule has 162 valence electrons. The number of fused-ring (bicyclic) bond motifs is 3. The number of nitrogens with zero attached hydrogens (tertiary/aromatic N) is 1. The number of hydrogen-bond acceptors (Lipinski definition) is 3. The number of carboxylic acid groups (broad SMARTS) is 1.